The third-order valence-corrected chi connectivity index (χ3v) is 5.83. The molecule has 0 bridgehead atoms. The molecule has 0 radical (unpaired) electrons. The molecular formula is C14H8F11NO5S2. The highest BCUT2D eigenvalue weighted by Gasteiger charge is 2.76. The first kappa shape index (κ1) is 28.9. The number of carbonyl (C=O) groups is 1. The Hall–Kier alpha value is -2.18. The number of nitrogens with zero attached hydrogens (tertiary/aromatic N) is 1. The normalized spacial score (nSPS) is 14.3. The highest BCUT2D eigenvalue weighted by Crippen LogP contribution is 2.49. The Bertz CT molecular complexity index is 923. The van der Waals surface area contributed by atoms with Gasteiger partial charge in [-0.1, -0.05) is 0 Å². The van der Waals surface area contributed by atoms with Gasteiger partial charge in [-0.15, -0.1) is 11.8 Å². The lowest BCUT2D eigenvalue weighted by atomic mass is 10.3. The zero-order valence-electron chi connectivity index (χ0n) is 15.2. The summed E-state index contributed by atoms with van der Waals surface area (Å²) in [7, 11) is -4.44. The van der Waals surface area contributed by atoms with E-state index < -0.39 is 79.2 Å². The van der Waals surface area contributed by atoms with Crippen LogP contribution in [0.25, 0.3) is 0 Å². The molecule has 1 atom stereocenters. The molecule has 1 aromatic rings. The average Bonchev–Trinajstić information content (AvgIpc) is 2.68. The molecule has 1 rings (SSSR count). The number of alkyl halides is 11. The molecule has 0 aliphatic rings. The van der Waals surface area contributed by atoms with Gasteiger partial charge in [-0.2, -0.15) is 39.5 Å². The van der Waals surface area contributed by atoms with Crippen LogP contribution in [-0.4, -0.2) is 57.2 Å². The van der Waals surface area contributed by atoms with Gasteiger partial charge in [-0.05, 0) is 12.1 Å². The van der Waals surface area contributed by atoms with Gasteiger partial charge in [0.25, 0.3) is 5.69 Å². The summed E-state index contributed by atoms with van der Waals surface area (Å²) >= 11 is 0.117. The highest BCUT2D eigenvalue weighted by atomic mass is 32.2. The maximum Gasteiger partial charge on any atom is 0.461 e. The van der Waals surface area contributed by atoms with Gasteiger partial charge in [0, 0.05) is 6.07 Å². The second kappa shape index (κ2) is 9.98. The predicted molar refractivity (Wildman–Crippen MR) is 88.1 cm³/mol. The fraction of sp³-hybridized carbons (Fsp3) is 0.500. The van der Waals surface area contributed by atoms with E-state index in [1.165, 1.54) is 0 Å². The molecule has 0 amide bonds. The molecule has 19 heteroatoms. The number of halogens is 11. The van der Waals surface area contributed by atoms with E-state index in [9.17, 15) is 67.4 Å². The van der Waals surface area contributed by atoms with Crippen LogP contribution < -0.4 is 0 Å². The molecule has 6 nitrogen and oxygen atoms in total. The topological polar surface area (TPSA) is 86.5 Å². The number of esters is 1. The number of nitro groups is 1. The van der Waals surface area contributed by atoms with Gasteiger partial charge in [0.1, 0.15) is 10.8 Å². The smallest absolute Gasteiger partial charge is 0.458 e. The lowest BCUT2D eigenvalue weighted by Gasteiger charge is -2.27. The minimum atomic E-state index is -6.81. The van der Waals surface area contributed by atoms with Crippen LogP contribution in [0.15, 0.2) is 28.0 Å². The van der Waals surface area contributed by atoms with Gasteiger partial charge in [-0.3, -0.25) is 14.9 Å². The summed E-state index contributed by atoms with van der Waals surface area (Å²) in [6.45, 7) is -2.04. The van der Waals surface area contributed by atoms with Gasteiger partial charge in [0.15, 0.2) is 6.61 Å². The van der Waals surface area contributed by atoms with Crippen molar-refractivity contribution < 1.29 is 67.0 Å². The van der Waals surface area contributed by atoms with Crippen molar-refractivity contribution in [1.82, 2.24) is 0 Å². The molecule has 0 spiro atoms. The van der Waals surface area contributed by atoms with E-state index in [0.29, 0.717) is 6.07 Å². The van der Waals surface area contributed by atoms with Crippen LogP contribution >= 0.6 is 11.8 Å². The van der Waals surface area contributed by atoms with E-state index in [-0.39, 0.29) is 23.9 Å². The van der Waals surface area contributed by atoms with E-state index in [1.807, 2.05) is 0 Å². The van der Waals surface area contributed by atoms with Crippen molar-refractivity contribution >= 4 is 34.2 Å². The summed E-state index contributed by atoms with van der Waals surface area (Å²) < 4.78 is 155. The van der Waals surface area contributed by atoms with Gasteiger partial charge >= 0.3 is 35.7 Å². The number of nitro benzene ring substituents is 1. The van der Waals surface area contributed by atoms with Crippen molar-refractivity contribution in [2.75, 3.05) is 12.4 Å². The summed E-state index contributed by atoms with van der Waals surface area (Å²) in [5, 5.41) is 4.83. The Labute approximate surface area is 182 Å². The minimum Gasteiger partial charge on any atom is -0.458 e. The first-order chi connectivity index (χ1) is 14.8. The van der Waals surface area contributed by atoms with Gasteiger partial charge in [0.05, 0.1) is 20.5 Å². The zero-order chi connectivity index (χ0) is 26.0. The second-order valence-corrected chi connectivity index (χ2v) is 8.29. The van der Waals surface area contributed by atoms with E-state index in [2.05, 4.69) is 4.74 Å². The van der Waals surface area contributed by atoms with Crippen molar-refractivity contribution in [3.05, 3.63) is 28.3 Å². The zero-order valence-corrected chi connectivity index (χ0v) is 16.8. The molecule has 0 aliphatic carbocycles. The Morgan fingerprint density at radius 2 is 1.64 bits per heavy atom. The Balaban J connectivity index is 3.09. The van der Waals surface area contributed by atoms with Crippen LogP contribution in [0.3, 0.4) is 0 Å². The van der Waals surface area contributed by atoms with Gasteiger partial charge in [-0.25, -0.2) is 13.0 Å². The molecular weight excluding hydrogens is 535 g/mol. The van der Waals surface area contributed by atoms with Crippen LogP contribution in [0, 0.1) is 10.1 Å². The molecule has 0 aromatic heterocycles. The Morgan fingerprint density at radius 3 is 2.09 bits per heavy atom. The number of thioether (sulfide) groups is 1. The maximum absolute atomic E-state index is 13.6. The molecule has 1 unspecified atom stereocenters. The Kier molecular flexibility index (Phi) is 8.72. The lowest BCUT2D eigenvalue weighted by molar-refractivity contribution is -0.388. The third-order valence-electron chi connectivity index (χ3n) is 3.39. The monoisotopic (exact) mass is 543 g/mol. The molecule has 0 aliphatic heterocycles. The number of ether oxygens (including phenoxy) is 1. The average molecular weight is 543 g/mol. The Morgan fingerprint density at radius 1 is 1.09 bits per heavy atom. The summed E-state index contributed by atoms with van der Waals surface area (Å²) in [5.74, 6) is -14.1. The molecule has 33 heavy (non-hydrogen) atoms. The summed E-state index contributed by atoms with van der Waals surface area (Å²) in [4.78, 5) is 18.9. The highest BCUT2D eigenvalue weighted by molar-refractivity contribution is 8.00. The van der Waals surface area contributed by atoms with Crippen LogP contribution in [0.1, 0.15) is 0 Å². The van der Waals surface area contributed by atoms with Crippen LogP contribution in [0.2, 0.25) is 0 Å². The van der Waals surface area contributed by atoms with E-state index in [4.69, 9.17) is 0 Å². The SMILES string of the molecule is O=C(CSc1ccc(S(=O)C(F)(F)C(F)(F)C(F)(F)F)cc1[N+](=O)[O-])OCC(F)(F)C(F)F. The van der Waals surface area contributed by atoms with Gasteiger partial charge in [0.2, 0.25) is 0 Å². The first-order valence-corrected chi connectivity index (χ1v) is 9.86. The van der Waals surface area contributed by atoms with Crippen molar-refractivity contribution in [1.29, 1.82) is 0 Å². The number of hydrogen-bond acceptors (Lipinski definition) is 6. The van der Waals surface area contributed by atoms with Crippen LogP contribution in [0.4, 0.5) is 54.0 Å². The molecule has 0 fully saturated rings. The molecule has 0 N–H and O–H groups in total. The third kappa shape index (κ3) is 6.45. The quantitative estimate of drug-likeness (QED) is 0.135. The minimum absolute atomic E-state index is 0.0188. The largest absolute Gasteiger partial charge is 0.461 e. The number of rotatable bonds is 10. The summed E-state index contributed by atoms with van der Waals surface area (Å²) in [5.41, 5.74) is -1.28. The molecule has 0 saturated heterocycles. The van der Waals surface area contributed by atoms with Crippen LogP contribution in [0.5, 0.6) is 0 Å². The standard InChI is InChI=1S/C14H8F11NO5S2/c15-10(16)11(17,18)5-31-9(27)4-32-8-2-1-6(3-7(8)26(28)29)33(30)14(24,25)12(19,20)13(21,22)23/h1-3,10H,4-5H2. The summed E-state index contributed by atoms with van der Waals surface area (Å²) in [6, 6.07) is 0.704. The molecule has 188 valence electrons. The fourth-order valence-electron chi connectivity index (χ4n) is 1.72. The van der Waals surface area contributed by atoms with E-state index >= 15 is 0 Å². The number of benzene rings is 1. The lowest BCUT2D eigenvalue weighted by Crippen LogP contribution is -2.54. The molecule has 0 saturated carbocycles. The van der Waals surface area contributed by atoms with Gasteiger partial charge < -0.3 is 4.74 Å². The van der Waals surface area contributed by atoms with Crippen molar-refractivity contribution in [3.8, 4) is 0 Å². The fourth-order valence-corrected chi connectivity index (χ4v) is 3.58. The molecule has 1 aromatic carbocycles. The second-order valence-electron chi connectivity index (χ2n) is 5.76. The maximum atomic E-state index is 13.6. The number of hydrogen-bond donors (Lipinski definition) is 0. The molecule has 0 heterocycles. The predicted octanol–water partition coefficient (Wildman–Crippen LogP) is 5.03. The van der Waals surface area contributed by atoms with E-state index in [1.54, 1.807) is 0 Å². The first-order valence-electron chi connectivity index (χ1n) is 7.72. The van der Waals surface area contributed by atoms with Crippen molar-refractivity contribution in [3.63, 3.8) is 0 Å². The van der Waals surface area contributed by atoms with Crippen molar-refractivity contribution in [2.45, 2.75) is 39.5 Å². The number of carbonyl (C=O) groups excluding carboxylic acids is 1. The summed E-state index contributed by atoms with van der Waals surface area (Å²) in [6.07, 6.45) is -11.0. The van der Waals surface area contributed by atoms with E-state index in [0.717, 1.165) is 0 Å². The van der Waals surface area contributed by atoms with Crippen LogP contribution in [-0.2, 0) is 20.3 Å². The van der Waals surface area contributed by atoms with Crippen molar-refractivity contribution in [2.24, 2.45) is 0 Å².